The Balaban J connectivity index is 2.11. The number of likely N-dealkylation sites (N-methyl/N-ethyl adjacent to an activating group) is 1. The van der Waals surface area contributed by atoms with Crippen LogP contribution in [0.1, 0.15) is 39.5 Å². The van der Waals surface area contributed by atoms with Crippen LogP contribution in [0.25, 0.3) is 0 Å². The van der Waals surface area contributed by atoms with Gasteiger partial charge in [-0.3, -0.25) is 4.79 Å². The van der Waals surface area contributed by atoms with Gasteiger partial charge >= 0.3 is 0 Å². The summed E-state index contributed by atoms with van der Waals surface area (Å²) >= 11 is 0. The fourth-order valence-electron chi connectivity index (χ4n) is 3.25. The quantitative estimate of drug-likeness (QED) is 0.799. The second-order valence-corrected chi connectivity index (χ2v) is 6.04. The smallest absolute Gasteiger partial charge is 0.242 e. The Bertz CT molecular complexity index is 299. The minimum absolute atomic E-state index is 0.309. The first-order chi connectivity index (χ1) is 8.57. The number of hydrogen-bond acceptors (Lipinski definition) is 3. The molecule has 0 aliphatic carbocycles. The molecule has 0 spiro atoms. The van der Waals surface area contributed by atoms with E-state index in [9.17, 15) is 4.79 Å². The molecule has 104 valence electrons. The average Bonchev–Trinajstić information content (AvgIpc) is 2.70. The summed E-state index contributed by atoms with van der Waals surface area (Å²) in [5, 5.41) is 3.40. The standard InChI is InChI=1S/C14H27N3O/c1-4-12-11-16(3)9-6-10-17(12)13(18)14(2)7-5-8-15-14/h12,15H,4-11H2,1-3H3. The van der Waals surface area contributed by atoms with Crippen molar-refractivity contribution in [2.45, 2.75) is 51.1 Å². The highest BCUT2D eigenvalue weighted by atomic mass is 16.2. The van der Waals surface area contributed by atoms with Crippen LogP contribution in [0.5, 0.6) is 0 Å². The molecule has 4 heteroatoms. The summed E-state index contributed by atoms with van der Waals surface area (Å²) < 4.78 is 0. The van der Waals surface area contributed by atoms with Gasteiger partial charge in [-0.2, -0.15) is 0 Å². The largest absolute Gasteiger partial charge is 0.337 e. The predicted molar refractivity (Wildman–Crippen MR) is 73.5 cm³/mol. The molecule has 2 aliphatic rings. The van der Waals surface area contributed by atoms with Crippen LogP contribution in [0.3, 0.4) is 0 Å². The van der Waals surface area contributed by atoms with Gasteiger partial charge in [0.1, 0.15) is 0 Å². The minimum Gasteiger partial charge on any atom is -0.337 e. The maximum atomic E-state index is 12.8. The lowest BCUT2D eigenvalue weighted by molar-refractivity contribution is -0.139. The van der Waals surface area contributed by atoms with Crippen molar-refractivity contribution in [3.8, 4) is 0 Å². The lowest BCUT2D eigenvalue weighted by Crippen LogP contribution is -2.56. The van der Waals surface area contributed by atoms with Crippen molar-refractivity contribution < 1.29 is 4.79 Å². The minimum atomic E-state index is -0.309. The van der Waals surface area contributed by atoms with E-state index >= 15 is 0 Å². The molecule has 2 fully saturated rings. The van der Waals surface area contributed by atoms with E-state index in [1.807, 2.05) is 0 Å². The lowest BCUT2D eigenvalue weighted by atomic mass is 9.97. The van der Waals surface area contributed by atoms with Gasteiger partial charge in [0.15, 0.2) is 0 Å². The van der Waals surface area contributed by atoms with Gasteiger partial charge in [0, 0.05) is 19.1 Å². The van der Waals surface area contributed by atoms with E-state index in [0.29, 0.717) is 11.9 Å². The Morgan fingerprint density at radius 3 is 2.78 bits per heavy atom. The number of nitrogens with one attached hydrogen (secondary N) is 1. The summed E-state index contributed by atoms with van der Waals surface area (Å²) in [4.78, 5) is 17.3. The Morgan fingerprint density at radius 1 is 1.39 bits per heavy atom. The van der Waals surface area contributed by atoms with Crippen molar-refractivity contribution in [2.75, 3.05) is 33.2 Å². The van der Waals surface area contributed by atoms with Crippen molar-refractivity contribution in [3.05, 3.63) is 0 Å². The van der Waals surface area contributed by atoms with E-state index in [4.69, 9.17) is 0 Å². The molecule has 0 radical (unpaired) electrons. The van der Waals surface area contributed by atoms with Gasteiger partial charge in [-0.25, -0.2) is 0 Å². The first-order valence-electron chi connectivity index (χ1n) is 7.31. The molecule has 0 bridgehead atoms. The molecular weight excluding hydrogens is 226 g/mol. The van der Waals surface area contributed by atoms with Crippen LogP contribution >= 0.6 is 0 Å². The number of carbonyl (C=O) groups is 1. The van der Waals surface area contributed by atoms with E-state index in [1.54, 1.807) is 0 Å². The Kier molecular flexibility index (Phi) is 4.28. The monoisotopic (exact) mass is 253 g/mol. The van der Waals surface area contributed by atoms with Crippen molar-refractivity contribution in [1.82, 2.24) is 15.1 Å². The highest BCUT2D eigenvalue weighted by Gasteiger charge is 2.41. The molecule has 2 heterocycles. The highest BCUT2D eigenvalue weighted by Crippen LogP contribution is 2.24. The van der Waals surface area contributed by atoms with Gasteiger partial charge in [-0.15, -0.1) is 0 Å². The normalized spacial score (nSPS) is 34.6. The molecule has 0 saturated carbocycles. The van der Waals surface area contributed by atoms with Crippen LogP contribution in [-0.4, -0.2) is 60.5 Å². The fraction of sp³-hybridized carbons (Fsp3) is 0.929. The number of carbonyl (C=O) groups excluding carboxylic acids is 1. The molecule has 4 nitrogen and oxygen atoms in total. The molecule has 18 heavy (non-hydrogen) atoms. The third-order valence-corrected chi connectivity index (χ3v) is 4.47. The first-order valence-corrected chi connectivity index (χ1v) is 7.31. The third kappa shape index (κ3) is 2.69. The second kappa shape index (κ2) is 5.57. The van der Waals surface area contributed by atoms with E-state index in [1.165, 1.54) is 0 Å². The van der Waals surface area contributed by atoms with E-state index in [2.05, 4.69) is 36.0 Å². The molecule has 2 rings (SSSR count). The fourth-order valence-corrected chi connectivity index (χ4v) is 3.25. The van der Waals surface area contributed by atoms with E-state index in [0.717, 1.165) is 51.9 Å². The first kappa shape index (κ1) is 13.8. The van der Waals surface area contributed by atoms with Crippen LogP contribution in [0.2, 0.25) is 0 Å². The van der Waals surface area contributed by atoms with Crippen molar-refractivity contribution in [1.29, 1.82) is 0 Å². The Morgan fingerprint density at radius 2 is 2.17 bits per heavy atom. The van der Waals surface area contributed by atoms with Gasteiger partial charge in [0.2, 0.25) is 5.91 Å². The van der Waals surface area contributed by atoms with Crippen LogP contribution in [0.4, 0.5) is 0 Å². The van der Waals surface area contributed by atoms with Crippen LogP contribution in [-0.2, 0) is 4.79 Å². The van der Waals surface area contributed by atoms with Crippen molar-refractivity contribution in [3.63, 3.8) is 0 Å². The zero-order valence-corrected chi connectivity index (χ0v) is 12.0. The summed E-state index contributed by atoms with van der Waals surface area (Å²) in [5.41, 5.74) is -0.309. The number of nitrogens with zero attached hydrogens (tertiary/aromatic N) is 2. The van der Waals surface area contributed by atoms with Gasteiger partial charge < -0.3 is 15.1 Å². The summed E-state index contributed by atoms with van der Waals surface area (Å²) in [5.74, 6) is 0.321. The number of amides is 1. The van der Waals surface area contributed by atoms with Crippen molar-refractivity contribution in [2.24, 2.45) is 0 Å². The molecule has 2 atom stereocenters. The Hall–Kier alpha value is -0.610. The average molecular weight is 253 g/mol. The second-order valence-electron chi connectivity index (χ2n) is 6.04. The van der Waals surface area contributed by atoms with Gasteiger partial charge in [-0.1, -0.05) is 6.92 Å². The topological polar surface area (TPSA) is 35.6 Å². The SMILES string of the molecule is CCC1CN(C)CCCN1C(=O)C1(C)CCCN1. The summed E-state index contributed by atoms with van der Waals surface area (Å²) in [6, 6.07) is 0.379. The summed E-state index contributed by atoms with van der Waals surface area (Å²) in [6.07, 6.45) is 4.24. The maximum absolute atomic E-state index is 12.8. The van der Waals surface area contributed by atoms with Gasteiger partial charge in [0.25, 0.3) is 0 Å². The van der Waals surface area contributed by atoms with E-state index in [-0.39, 0.29) is 5.54 Å². The van der Waals surface area contributed by atoms with Gasteiger partial charge in [0.05, 0.1) is 5.54 Å². The number of rotatable bonds is 2. The molecule has 0 aromatic rings. The zero-order valence-electron chi connectivity index (χ0n) is 12.0. The molecule has 1 amide bonds. The van der Waals surface area contributed by atoms with Gasteiger partial charge in [-0.05, 0) is 52.7 Å². The Labute approximate surface area is 111 Å². The molecule has 2 unspecified atom stereocenters. The summed E-state index contributed by atoms with van der Waals surface area (Å²) in [7, 11) is 2.16. The van der Waals surface area contributed by atoms with Crippen LogP contribution in [0, 0.1) is 0 Å². The molecule has 0 aromatic heterocycles. The summed E-state index contributed by atoms with van der Waals surface area (Å²) in [6.45, 7) is 8.27. The molecular formula is C14H27N3O. The molecule has 0 aromatic carbocycles. The third-order valence-electron chi connectivity index (χ3n) is 4.47. The van der Waals surface area contributed by atoms with Crippen LogP contribution < -0.4 is 5.32 Å². The predicted octanol–water partition coefficient (Wildman–Crippen LogP) is 1.07. The lowest BCUT2D eigenvalue weighted by Gasteiger charge is -2.36. The van der Waals surface area contributed by atoms with E-state index < -0.39 is 0 Å². The molecule has 2 aliphatic heterocycles. The molecule has 1 N–H and O–H groups in total. The van der Waals surface area contributed by atoms with Crippen molar-refractivity contribution >= 4 is 5.91 Å². The highest BCUT2D eigenvalue weighted by molar-refractivity contribution is 5.86. The molecule has 2 saturated heterocycles. The zero-order chi connectivity index (χ0) is 13.2. The maximum Gasteiger partial charge on any atom is 0.242 e. The van der Waals surface area contributed by atoms with Crippen LogP contribution in [0.15, 0.2) is 0 Å². The number of hydrogen-bond donors (Lipinski definition) is 1.